The highest BCUT2D eigenvalue weighted by Gasteiger charge is 2.26. The van der Waals surface area contributed by atoms with Gasteiger partial charge in [-0.2, -0.15) is 0 Å². The zero-order valence-corrected chi connectivity index (χ0v) is 8.74. The second-order valence-corrected chi connectivity index (χ2v) is 4.12. The van der Waals surface area contributed by atoms with Crippen LogP contribution in [0.25, 0.3) is 0 Å². The normalized spacial score (nSPS) is 14.8. The molecule has 0 spiro atoms. The Labute approximate surface area is 84.1 Å². The van der Waals surface area contributed by atoms with E-state index in [2.05, 4.69) is 15.9 Å². The van der Waals surface area contributed by atoms with E-state index in [4.69, 9.17) is 0 Å². The van der Waals surface area contributed by atoms with Gasteiger partial charge in [-0.25, -0.2) is 4.39 Å². The zero-order valence-electron chi connectivity index (χ0n) is 7.16. The SMILES string of the molecule is Cc1cc(Br)c2c(c1F)C(=O)CC2. The van der Waals surface area contributed by atoms with Crippen molar-refractivity contribution in [3.8, 4) is 0 Å². The van der Waals surface area contributed by atoms with Gasteiger partial charge in [-0.1, -0.05) is 15.9 Å². The summed E-state index contributed by atoms with van der Waals surface area (Å²) in [7, 11) is 0. The molecule has 0 saturated carbocycles. The van der Waals surface area contributed by atoms with Crippen molar-refractivity contribution in [2.75, 3.05) is 0 Å². The molecule has 0 atom stereocenters. The van der Waals surface area contributed by atoms with E-state index < -0.39 is 0 Å². The summed E-state index contributed by atoms with van der Waals surface area (Å²) in [4.78, 5) is 11.3. The van der Waals surface area contributed by atoms with Crippen LogP contribution in [0, 0.1) is 12.7 Å². The predicted octanol–water partition coefficient (Wildman–Crippen LogP) is 3.03. The van der Waals surface area contributed by atoms with Crippen LogP contribution in [0.3, 0.4) is 0 Å². The number of halogens is 2. The molecule has 1 aromatic rings. The van der Waals surface area contributed by atoms with E-state index in [1.807, 2.05) is 0 Å². The highest BCUT2D eigenvalue weighted by Crippen LogP contribution is 2.32. The molecular weight excluding hydrogens is 235 g/mol. The summed E-state index contributed by atoms with van der Waals surface area (Å²) < 4.78 is 14.3. The van der Waals surface area contributed by atoms with E-state index in [-0.39, 0.29) is 11.6 Å². The summed E-state index contributed by atoms with van der Waals surface area (Å²) in [5.74, 6) is -0.419. The Morgan fingerprint density at radius 3 is 2.85 bits per heavy atom. The second-order valence-electron chi connectivity index (χ2n) is 3.27. The summed E-state index contributed by atoms with van der Waals surface area (Å²) in [6, 6.07) is 1.73. The third kappa shape index (κ3) is 1.22. The molecule has 0 saturated heterocycles. The van der Waals surface area contributed by atoms with Crippen LogP contribution in [-0.4, -0.2) is 5.78 Å². The number of benzene rings is 1. The molecule has 0 aromatic heterocycles. The molecule has 2 rings (SSSR count). The van der Waals surface area contributed by atoms with Gasteiger partial charge in [0.25, 0.3) is 0 Å². The summed E-state index contributed by atoms with van der Waals surface area (Å²) in [6.07, 6.45) is 1.10. The predicted molar refractivity (Wildman–Crippen MR) is 51.5 cm³/mol. The number of rotatable bonds is 0. The molecule has 13 heavy (non-hydrogen) atoms. The van der Waals surface area contributed by atoms with Crippen LogP contribution in [0.1, 0.15) is 27.9 Å². The van der Waals surface area contributed by atoms with Gasteiger partial charge in [0.05, 0.1) is 5.56 Å². The van der Waals surface area contributed by atoms with Gasteiger partial charge in [0, 0.05) is 10.9 Å². The van der Waals surface area contributed by atoms with Gasteiger partial charge in [-0.3, -0.25) is 4.79 Å². The first-order valence-corrected chi connectivity index (χ1v) is 4.91. The van der Waals surface area contributed by atoms with E-state index in [1.165, 1.54) is 0 Å². The Kier molecular flexibility index (Phi) is 1.99. The lowest BCUT2D eigenvalue weighted by atomic mass is 10.1. The Morgan fingerprint density at radius 2 is 2.15 bits per heavy atom. The summed E-state index contributed by atoms with van der Waals surface area (Å²) in [6.45, 7) is 1.67. The minimum atomic E-state index is -0.347. The second kappa shape index (κ2) is 2.91. The van der Waals surface area contributed by atoms with Crippen LogP contribution in [0.2, 0.25) is 0 Å². The van der Waals surface area contributed by atoms with Crippen LogP contribution in [0.15, 0.2) is 10.5 Å². The molecule has 0 N–H and O–H groups in total. The third-order valence-corrected chi connectivity index (χ3v) is 3.09. The number of hydrogen-bond donors (Lipinski definition) is 0. The third-order valence-electron chi connectivity index (χ3n) is 2.38. The van der Waals surface area contributed by atoms with Crippen molar-refractivity contribution in [1.82, 2.24) is 0 Å². The lowest BCUT2D eigenvalue weighted by Crippen LogP contribution is -1.99. The van der Waals surface area contributed by atoms with Gasteiger partial charge in [0.1, 0.15) is 5.82 Å². The molecular formula is C10H8BrFO. The summed E-state index contributed by atoms with van der Waals surface area (Å²) >= 11 is 3.34. The number of hydrogen-bond acceptors (Lipinski definition) is 1. The lowest BCUT2D eigenvalue weighted by molar-refractivity contribution is 0.0991. The highest BCUT2D eigenvalue weighted by atomic mass is 79.9. The van der Waals surface area contributed by atoms with Crippen molar-refractivity contribution >= 4 is 21.7 Å². The number of carbonyl (C=O) groups excluding carboxylic acids is 1. The molecule has 1 aliphatic carbocycles. The van der Waals surface area contributed by atoms with Crippen LogP contribution >= 0.6 is 15.9 Å². The molecule has 0 fully saturated rings. The summed E-state index contributed by atoms with van der Waals surface area (Å²) in [5, 5.41) is 0. The topological polar surface area (TPSA) is 17.1 Å². The molecule has 1 aromatic carbocycles. The van der Waals surface area contributed by atoms with Crippen LogP contribution in [0.4, 0.5) is 4.39 Å². The van der Waals surface area contributed by atoms with Gasteiger partial charge >= 0.3 is 0 Å². The molecule has 3 heteroatoms. The minimum absolute atomic E-state index is 0.0723. The van der Waals surface area contributed by atoms with E-state index >= 15 is 0 Å². The first-order valence-electron chi connectivity index (χ1n) is 4.12. The number of aryl methyl sites for hydroxylation is 1. The molecule has 0 amide bonds. The fourth-order valence-electron chi connectivity index (χ4n) is 1.69. The van der Waals surface area contributed by atoms with Gasteiger partial charge in [0.15, 0.2) is 5.78 Å². The number of fused-ring (bicyclic) bond motifs is 1. The fraction of sp³-hybridized carbons (Fsp3) is 0.300. The Bertz CT molecular complexity index is 398. The van der Waals surface area contributed by atoms with Gasteiger partial charge in [-0.15, -0.1) is 0 Å². The molecule has 68 valence electrons. The molecule has 1 nitrogen and oxygen atoms in total. The molecule has 0 unspecified atom stereocenters. The van der Waals surface area contributed by atoms with Crippen LogP contribution < -0.4 is 0 Å². The van der Waals surface area contributed by atoms with E-state index in [0.29, 0.717) is 24.0 Å². The van der Waals surface area contributed by atoms with Gasteiger partial charge in [0.2, 0.25) is 0 Å². The molecule has 1 aliphatic rings. The van der Waals surface area contributed by atoms with E-state index in [1.54, 1.807) is 13.0 Å². The van der Waals surface area contributed by atoms with Crippen LogP contribution in [0.5, 0.6) is 0 Å². The minimum Gasteiger partial charge on any atom is -0.294 e. The molecule has 0 aliphatic heterocycles. The standard InChI is InChI=1S/C10H8BrFO/c1-5-4-7(11)6-2-3-8(13)9(6)10(5)12/h4H,2-3H2,1H3. The van der Waals surface area contributed by atoms with Crippen molar-refractivity contribution in [2.45, 2.75) is 19.8 Å². The molecule has 0 bridgehead atoms. The lowest BCUT2D eigenvalue weighted by Gasteiger charge is -2.05. The Balaban J connectivity index is 2.77. The molecule has 0 radical (unpaired) electrons. The largest absolute Gasteiger partial charge is 0.294 e. The number of ketones is 1. The zero-order chi connectivity index (χ0) is 9.59. The van der Waals surface area contributed by atoms with Crippen molar-refractivity contribution < 1.29 is 9.18 Å². The Morgan fingerprint density at radius 1 is 1.46 bits per heavy atom. The monoisotopic (exact) mass is 242 g/mol. The maximum atomic E-state index is 13.5. The smallest absolute Gasteiger partial charge is 0.166 e. The molecule has 0 heterocycles. The average molecular weight is 243 g/mol. The maximum Gasteiger partial charge on any atom is 0.166 e. The van der Waals surface area contributed by atoms with E-state index in [9.17, 15) is 9.18 Å². The van der Waals surface area contributed by atoms with Crippen molar-refractivity contribution in [2.24, 2.45) is 0 Å². The van der Waals surface area contributed by atoms with Crippen molar-refractivity contribution in [3.63, 3.8) is 0 Å². The first kappa shape index (κ1) is 8.88. The quantitative estimate of drug-likeness (QED) is 0.684. The van der Waals surface area contributed by atoms with Crippen molar-refractivity contribution in [3.05, 3.63) is 33.0 Å². The first-order chi connectivity index (χ1) is 6.11. The average Bonchev–Trinajstić information content (AvgIpc) is 2.44. The van der Waals surface area contributed by atoms with Gasteiger partial charge in [-0.05, 0) is 30.5 Å². The van der Waals surface area contributed by atoms with Crippen LogP contribution in [-0.2, 0) is 6.42 Å². The Hall–Kier alpha value is -0.700. The van der Waals surface area contributed by atoms with Gasteiger partial charge < -0.3 is 0 Å². The van der Waals surface area contributed by atoms with E-state index in [0.717, 1.165) is 10.0 Å². The van der Waals surface area contributed by atoms with Crippen molar-refractivity contribution in [1.29, 1.82) is 0 Å². The number of carbonyl (C=O) groups is 1. The highest BCUT2D eigenvalue weighted by molar-refractivity contribution is 9.10. The summed E-state index contributed by atoms with van der Waals surface area (Å²) in [5.41, 5.74) is 1.65. The maximum absolute atomic E-state index is 13.5. The fourth-order valence-corrected chi connectivity index (χ4v) is 2.43. The number of Topliss-reactive ketones (excluding diaryl/α,β-unsaturated/α-hetero) is 1.